The van der Waals surface area contributed by atoms with Gasteiger partial charge in [-0.2, -0.15) is 0 Å². The number of rotatable bonds is 4. The van der Waals surface area contributed by atoms with E-state index in [2.05, 4.69) is 5.32 Å². The van der Waals surface area contributed by atoms with Crippen LogP contribution in [-0.2, 0) is 4.79 Å². The molecule has 1 aromatic heterocycles. The molecule has 0 bridgehead atoms. The molecular weight excluding hydrogens is 244 g/mol. The maximum absolute atomic E-state index is 11.6. The van der Waals surface area contributed by atoms with Crippen LogP contribution in [0.3, 0.4) is 0 Å². The van der Waals surface area contributed by atoms with Gasteiger partial charge in [-0.3, -0.25) is 4.79 Å². The van der Waals surface area contributed by atoms with E-state index >= 15 is 0 Å². The third-order valence-electron chi connectivity index (χ3n) is 2.48. The molecule has 5 nitrogen and oxygen atoms in total. The Labute approximate surface area is 111 Å². The molecule has 0 aliphatic heterocycles. The van der Waals surface area contributed by atoms with Gasteiger partial charge < -0.3 is 15.3 Å². The molecular formula is C14H14N2O3. The molecule has 1 aromatic carbocycles. The quantitative estimate of drug-likeness (QED) is 0.669. The monoisotopic (exact) mass is 258 g/mol. The van der Waals surface area contributed by atoms with Crippen LogP contribution in [0.15, 0.2) is 48.7 Å². The smallest absolute Gasteiger partial charge is 0.379 e. The van der Waals surface area contributed by atoms with Crippen LogP contribution in [-0.4, -0.2) is 12.5 Å². The van der Waals surface area contributed by atoms with E-state index in [0.717, 1.165) is 5.56 Å². The van der Waals surface area contributed by atoms with Gasteiger partial charge in [0.1, 0.15) is 0 Å². The predicted octanol–water partition coefficient (Wildman–Crippen LogP) is 1.65. The Hall–Kier alpha value is -2.56. The Kier molecular flexibility index (Phi) is 3.97. The molecule has 0 aliphatic rings. The minimum Gasteiger partial charge on any atom is -0.616 e. The van der Waals surface area contributed by atoms with Crippen LogP contribution in [0.4, 0.5) is 5.69 Å². The van der Waals surface area contributed by atoms with Gasteiger partial charge in [-0.05, 0) is 25.1 Å². The van der Waals surface area contributed by atoms with Crippen molar-refractivity contribution in [1.82, 2.24) is 0 Å². The normalized spacial score (nSPS) is 9.95. The van der Waals surface area contributed by atoms with Crippen molar-refractivity contribution in [1.29, 1.82) is 0 Å². The molecule has 0 saturated carbocycles. The largest absolute Gasteiger partial charge is 0.616 e. The van der Waals surface area contributed by atoms with Crippen molar-refractivity contribution in [3.63, 3.8) is 0 Å². The van der Waals surface area contributed by atoms with E-state index in [-0.39, 0.29) is 18.4 Å². The first-order valence-electron chi connectivity index (χ1n) is 5.82. The highest BCUT2D eigenvalue weighted by molar-refractivity contribution is 5.91. The Morgan fingerprint density at radius 1 is 1.26 bits per heavy atom. The number of amides is 1. The van der Waals surface area contributed by atoms with Gasteiger partial charge in [0.05, 0.1) is 6.07 Å². The van der Waals surface area contributed by atoms with Crippen LogP contribution in [0.1, 0.15) is 5.56 Å². The molecule has 2 rings (SSSR count). The van der Waals surface area contributed by atoms with Crippen LogP contribution < -0.4 is 14.8 Å². The lowest BCUT2D eigenvalue weighted by Crippen LogP contribution is -2.30. The lowest BCUT2D eigenvalue weighted by Gasteiger charge is -2.07. The predicted molar refractivity (Wildman–Crippen MR) is 70.7 cm³/mol. The fraction of sp³-hybridized carbons (Fsp3) is 0.143. The third kappa shape index (κ3) is 3.70. The van der Waals surface area contributed by atoms with Crippen molar-refractivity contribution in [3.8, 4) is 5.88 Å². The average molecular weight is 258 g/mol. The number of nitrogens with zero attached hydrogens (tertiary/aromatic N) is 1. The van der Waals surface area contributed by atoms with Crippen molar-refractivity contribution < 1.29 is 14.3 Å². The summed E-state index contributed by atoms with van der Waals surface area (Å²) in [4.78, 5) is 11.6. The van der Waals surface area contributed by atoms with Gasteiger partial charge in [-0.15, -0.1) is 4.73 Å². The summed E-state index contributed by atoms with van der Waals surface area (Å²) in [6.45, 7) is 1.76. The number of carbonyl (C=O) groups is 1. The highest BCUT2D eigenvalue weighted by atomic mass is 16.6. The van der Waals surface area contributed by atoms with Gasteiger partial charge in [0.2, 0.25) is 0 Å². The highest BCUT2D eigenvalue weighted by Crippen LogP contribution is 2.08. The van der Waals surface area contributed by atoms with E-state index in [0.29, 0.717) is 10.4 Å². The molecule has 0 radical (unpaired) electrons. The Bertz CT molecular complexity index is 567. The van der Waals surface area contributed by atoms with E-state index in [1.165, 1.54) is 12.3 Å². The molecule has 0 saturated heterocycles. The number of hydrogen-bond donors (Lipinski definition) is 1. The second-order valence-electron chi connectivity index (χ2n) is 4.07. The Morgan fingerprint density at radius 3 is 2.68 bits per heavy atom. The summed E-state index contributed by atoms with van der Waals surface area (Å²) < 4.78 is 5.70. The summed E-state index contributed by atoms with van der Waals surface area (Å²) in [7, 11) is 0. The second-order valence-corrected chi connectivity index (χ2v) is 4.07. The van der Waals surface area contributed by atoms with Crippen LogP contribution in [0.5, 0.6) is 5.88 Å². The number of aromatic nitrogens is 1. The number of anilines is 1. The Morgan fingerprint density at radius 2 is 2.00 bits per heavy atom. The van der Waals surface area contributed by atoms with E-state index in [1.807, 2.05) is 31.2 Å². The zero-order chi connectivity index (χ0) is 13.7. The molecule has 0 unspecified atom stereocenters. The first-order chi connectivity index (χ1) is 9.15. The average Bonchev–Trinajstić information content (AvgIpc) is 2.40. The third-order valence-corrected chi connectivity index (χ3v) is 2.48. The lowest BCUT2D eigenvalue weighted by atomic mass is 10.2. The molecule has 98 valence electrons. The molecule has 0 spiro atoms. The summed E-state index contributed by atoms with van der Waals surface area (Å²) in [5.41, 5.74) is 1.81. The minimum absolute atomic E-state index is 0.0987. The van der Waals surface area contributed by atoms with Gasteiger partial charge in [0.15, 0.2) is 12.8 Å². The topological polar surface area (TPSA) is 65.3 Å². The maximum atomic E-state index is 11.6. The van der Waals surface area contributed by atoms with E-state index in [1.54, 1.807) is 12.1 Å². The number of aryl methyl sites for hydroxylation is 1. The second kappa shape index (κ2) is 5.86. The summed E-state index contributed by atoms with van der Waals surface area (Å²) in [6.07, 6.45) is 1.31. The van der Waals surface area contributed by atoms with Crippen molar-refractivity contribution in [2.45, 2.75) is 6.92 Å². The van der Waals surface area contributed by atoms with Gasteiger partial charge >= 0.3 is 5.88 Å². The maximum Gasteiger partial charge on any atom is 0.379 e. The zero-order valence-electron chi connectivity index (χ0n) is 10.5. The summed E-state index contributed by atoms with van der Waals surface area (Å²) in [5.74, 6) is -0.214. The SMILES string of the molecule is Cc1ccc(NC(=O)COc2cccc[n+]2[O-])cc1. The first kappa shape index (κ1) is 12.9. The highest BCUT2D eigenvalue weighted by Gasteiger charge is 2.08. The lowest BCUT2D eigenvalue weighted by molar-refractivity contribution is -0.612. The molecule has 0 fully saturated rings. The molecule has 1 amide bonds. The molecule has 1 N–H and O–H groups in total. The molecule has 0 aliphatic carbocycles. The molecule has 1 heterocycles. The number of benzene rings is 1. The van der Waals surface area contributed by atoms with Crippen molar-refractivity contribution in [2.24, 2.45) is 0 Å². The Balaban J connectivity index is 1.88. The van der Waals surface area contributed by atoms with Crippen LogP contribution in [0, 0.1) is 12.1 Å². The van der Waals surface area contributed by atoms with Gasteiger partial charge in [-0.25, -0.2) is 0 Å². The van der Waals surface area contributed by atoms with E-state index in [9.17, 15) is 10.0 Å². The molecule has 0 atom stereocenters. The molecule has 2 aromatic rings. The number of ether oxygens (including phenoxy) is 1. The molecule has 19 heavy (non-hydrogen) atoms. The van der Waals surface area contributed by atoms with Crippen molar-refractivity contribution >= 4 is 11.6 Å². The van der Waals surface area contributed by atoms with Crippen molar-refractivity contribution in [3.05, 3.63) is 59.4 Å². The number of carbonyl (C=O) groups excluding carboxylic acids is 1. The summed E-state index contributed by atoms with van der Waals surface area (Å²) in [5, 5.41) is 14.0. The minimum atomic E-state index is -0.312. The first-order valence-corrected chi connectivity index (χ1v) is 5.82. The van der Waals surface area contributed by atoms with Crippen molar-refractivity contribution in [2.75, 3.05) is 11.9 Å². The standard InChI is InChI=1S/C14H14N2O3/c1-11-5-7-12(8-6-11)15-13(17)10-19-14-4-2-3-9-16(14)18/h2-9H,10H2,1H3,(H,15,17). The number of nitrogens with one attached hydrogen (secondary N) is 1. The molecule has 5 heteroatoms. The van der Waals surface area contributed by atoms with Crippen LogP contribution in [0.25, 0.3) is 0 Å². The van der Waals surface area contributed by atoms with E-state index < -0.39 is 0 Å². The van der Waals surface area contributed by atoms with E-state index in [4.69, 9.17) is 4.74 Å². The zero-order valence-corrected chi connectivity index (χ0v) is 10.5. The van der Waals surface area contributed by atoms with Gasteiger partial charge in [-0.1, -0.05) is 17.7 Å². The van der Waals surface area contributed by atoms with Gasteiger partial charge in [0.25, 0.3) is 5.91 Å². The summed E-state index contributed by atoms with van der Waals surface area (Å²) in [6, 6.07) is 12.2. The van der Waals surface area contributed by atoms with Gasteiger partial charge in [0, 0.05) is 11.8 Å². The number of hydrogen-bond acceptors (Lipinski definition) is 3. The fourth-order valence-corrected chi connectivity index (χ4v) is 1.50. The summed E-state index contributed by atoms with van der Waals surface area (Å²) >= 11 is 0. The number of pyridine rings is 1. The fourth-order valence-electron chi connectivity index (χ4n) is 1.50. The van der Waals surface area contributed by atoms with Crippen LogP contribution >= 0.6 is 0 Å². The van der Waals surface area contributed by atoms with Crippen LogP contribution in [0.2, 0.25) is 0 Å².